The number of ether oxygens (including phenoxy) is 3. The first-order chi connectivity index (χ1) is 15.6. The summed E-state index contributed by atoms with van der Waals surface area (Å²) in [7, 11) is 0. The highest BCUT2D eigenvalue weighted by Gasteiger charge is 2.34. The average Bonchev–Trinajstić information content (AvgIpc) is 2.81. The standard InChI is InChI=1S/C27H38O5/c1-3-5-19-30-23-15-17-25(18-16-23)32-27(29)22-9-7-20(8-10-22)21-11-13-24(14-12-21)31-26(28)6-4-2/h4,6,15-18,20-22,24H,3,5,7-14,19H2,1-2H3. The third kappa shape index (κ3) is 7.39. The molecule has 2 fully saturated rings. The molecule has 1 aromatic carbocycles. The summed E-state index contributed by atoms with van der Waals surface area (Å²) in [6.45, 7) is 4.67. The number of hydrogen-bond acceptors (Lipinski definition) is 5. The minimum Gasteiger partial charge on any atom is -0.494 e. The van der Waals surface area contributed by atoms with Crippen molar-refractivity contribution in [3.8, 4) is 11.5 Å². The predicted octanol–water partition coefficient (Wildman–Crippen LogP) is 6.26. The fourth-order valence-corrected chi connectivity index (χ4v) is 4.98. The van der Waals surface area contributed by atoms with Crippen molar-refractivity contribution in [2.24, 2.45) is 17.8 Å². The fraction of sp³-hybridized carbons (Fsp3) is 0.630. The van der Waals surface area contributed by atoms with Crippen LogP contribution in [-0.4, -0.2) is 24.6 Å². The maximum atomic E-state index is 12.6. The third-order valence-electron chi connectivity index (χ3n) is 6.89. The van der Waals surface area contributed by atoms with Crippen LogP contribution in [0, 0.1) is 17.8 Å². The zero-order chi connectivity index (χ0) is 22.8. The molecule has 0 spiro atoms. The Morgan fingerprint density at radius 1 is 0.906 bits per heavy atom. The molecule has 2 saturated carbocycles. The van der Waals surface area contributed by atoms with E-state index in [9.17, 15) is 9.59 Å². The molecule has 1 aromatic rings. The molecule has 0 amide bonds. The predicted molar refractivity (Wildman–Crippen MR) is 125 cm³/mol. The van der Waals surface area contributed by atoms with Crippen molar-refractivity contribution in [3.63, 3.8) is 0 Å². The highest BCUT2D eigenvalue weighted by Crippen LogP contribution is 2.41. The lowest BCUT2D eigenvalue weighted by Gasteiger charge is -2.37. The number of rotatable bonds is 9. The van der Waals surface area contributed by atoms with Gasteiger partial charge in [0, 0.05) is 6.08 Å². The van der Waals surface area contributed by atoms with Crippen LogP contribution in [0.1, 0.15) is 78.1 Å². The van der Waals surface area contributed by atoms with Gasteiger partial charge in [-0.2, -0.15) is 0 Å². The van der Waals surface area contributed by atoms with Gasteiger partial charge in [-0.25, -0.2) is 4.79 Å². The second-order valence-electron chi connectivity index (χ2n) is 9.18. The third-order valence-corrected chi connectivity index (χ3v) is 6.89. The summed E-state index contributed by atoms with van der Waals surface area (Å²) in [5, 5.41) is 0. The Morgan fingerprint density at radius 3 is 2.09 bits per heavy atom. The van der Waals surface area contributed by atoms with Gasteiger partial charge in [-0.15, -0.1) is 0 Å². The van der Waals surface area contributed by atoms with E-state index in [2.05, 4.69) is 6.92 Å². The molecule has 0 bridgehead atoms. The van der Waals surface area contributed by atoms with E-state index in [1.165, 1.54) is 6.08 Å². The van der Waals surface area contributed by atoms with Crippen molar-refractivity contribution in [3.05, 3.63) is 36.4 Å². The van der Waals surface area contributed by atoms with E-state index in [4.69, 9.17) is 14.2 Å². The highest BCUT2D eigenvalue weighted by atomic mass is 16.5. The van der Waals surface area contributed by atoms with Crippen LogP contribution in [-0.2, 0) is 14.3 Å². The summed E-state index contributed by atoms with van der Waals surface area (Å²) >= 11 is 0. The number of allylic oxidation sites excluding steroid dienone is 1. The van der Waals surface area contributed by atoms with Gasteiger partial charge in [-0.1, -0.05) is 19.4 Å². The lowest BCUT2D eigenvalue weighted by molar-refractivity contribution is -0.145. The molecular formula is C27H38O5. The van der Waals surface area contributed by atoms with E-state index in [0.29, 0.717) is 24.2 Å². The first-order valence-corrected chi connectivity index (χ1v) is 12.4. The normalized spacial score (nSPS) is 25.9. The van der Waals surface area contributed by atoms with Crippen molar-refractivity contribution in [1.29, 1.82) is 0 Å². The molecule has 176 valence electrons. The van der Waals surface area contributed by atoms with Crippen LogP contribution in [0.15, 0.2) is 36.4 Å². The first kappa shape index (κ1) is 24.3. The van der Waals surface area contributed by atoms with Crippen LogP contribution < -0.4 is 9.47 Å². The minimum atomic E-state index is -0.228. The second kappa shape index (κ2) is 12.7. The van der Waals surface area contributed by atoms with Gasteiger partial charge >= 0.3 is 11.9 Å². The highest BCUT2D eigenvalue weighted by molar-refractivity contribution is 5.81. The quantitative estimate of drug-likeness (QED) is 0.196. The Kier molecular flexibility index (Phi) is 9.63. The Balaban J connectivity index is 1.37. The summed E-state index contributed by atoms with van der Waals surface area (Å²) in [6.07, 6.45) is 13.5. The average molecular weight is 443 g/mol. The minimum absolute atomic E-state index is 0.00939. The van der Waals surface area contributed by atoms with Gasteiger partial charge in [0.1, 0.15) is 17.6 Å². The van der Waals surface area contributed by atoms with Crippen LogP contribution in [0.2, 0.25) is 0 Å². The van der Waals surface area contributed by atoms with Crippen molar-refractivity contribution in [2.75, 3.05) is 6.61 Å². The molecule has 2 aliphatic carbocycles. The Labute approximate surface area is 192 Å². The summed E-state index contributed by atoms with van der Waals surface area (Å²) in [5.41, 5.74) is 0. The molecule has 2 aliphatic rings. The van der Waals surface area contributed by atoms with Crippen LogP contribution in [0.4, 0.5) is 0 Å². The molecule has 0 N–H and O–H groups in total. The van der Waals surface area contributed by atoms with Gasteiger partial charge in [-0.05, 0) is 101 Å². The SMILES string of the molecule is CC=CC(=O)OC1CCC(C2CCC(C(=O)Oc3ccc(OCCCC)cc3)CC2)CC1. The first-order valence-electron chi connectivity index (χ1n) is 12.4. The van der Waals surface area contributed by atoms with Gasteiger partial charge < -0.3 is 14.2 Å². The Morgan fingerprint density at radius 2 is 1.50 bits per heavy atom. The van der Waals surface area contributed by atoms with E-state index in [0.717, 1.165) is 70.0 Å². The summed E-state index contributed by atoms with van der Waals surface area (Å²) in [6, 6.07) is 7.35. The van der Waals surface area contributed by atoms with Crippen LogP contribution in [0.25, 0.3) is 0 Å². The number of esters is 2. The molecule has 0 unspecified atom stereocenters. The van der Waals surface area contributed by atoms with Crippen LogP contribution in [0.5, 0.6) is 11.5 Å². The van der Waals surface area contributed by atoms with E-state index in [1.807, 2.05) is 31.2 Å². The van der Waals surface area contributed by atoms with E-state index in [1.54, 1.807) is 6.08 Å². The molecule has 0 saturated heterocycles. The Hall–Kier alpha value is -2.30. The summed E-state index contributed by atoms with van der Waals surface area (Å²) in [4.78, 5) is 24.3. The smallest absolute Gasteiger partial charge is 0.330 e. The molecule has 0 radical (unpaired) electrons. The van der Waals surface area contributed by atoms with Gasteiger partial charge in [-0.3, -0.25) is 4.79 Å². The number of unbranched alkanes of at least 4 members (excludes halogenated alkanes) is 1. The second-order valence-corrected chi connectivity index (χ2v) is 9.18. The van der Waals surface area contributed by atoms with E-state index < -0.39 is 0 Å². The van der Waals surface area contributed by atoms with Gasteiger partial charge in [0.2, 0.25) is 0 Å². The number of carbonyl (C=O) groups is 2. The van der Waals surface area contributed by atoms with Crippen molar-refractivity contribution < 1.29 is 23.8 Å². The summed E-state index contributed by atoms with van der Waals surface area (Å²) < 4.78 is 16.8. The van der Waals surface area contributed by atoms with Crippen molar-refractivity contribution in [2.45, 2.75) is 84.2 Å². The van der Waals surface area contributed by atoms with Gasteiger partial charge in [0.15, 0.2) is 0 Å². The number of carbonyl (C=O) groups excluding carboxylic acids is 2. The maximum absolute atomic E-state index is 12.6. The zero-order valence-corrected chi connectivity index (χ0v) is 19.6. The topological polar surface area (TPSA) is 61.8 Å². The fourth-order valence-electron chi connectivity index (χ4n) is 4.98. The molecular weight excluding hydrogens is 404 g/mol. The number of benzene rings is 1. The van der Waals surface area contributed by atoms with E-state index >= 15 is 0 Å². The molecule has 0 heterocycles. The molecule has 32 heavy (non-hydrogen) atoms. The summed E-state index contributed by atoms with van der Waals surface area (Å²) in [5.74, 6) is 2.41. The maximum Gasteiger partial charge on any atom is 0.330 e. The van der Waals surface area contributed by atoms with Crippen LogP contribution in [0.3, 0.4) is 0 Å². The lowest BCUT2D eigenvalue weighted by atomic mass is 9.70. The largest absolute Gasteiger partial charge is 0.494 e. The van der Waals surface area contributed by atoms with Crippen LogP contribution >= 0.6 is 0 Å². The molecule has 3 rings (SSSR count). The Bertz CT molecular complexity index is 738. The van der Waals surface area contributed by atoms with Crippen molar-refractivity contribution >= 4 is 11.9 Å². The number of hydrogen-bond donors (Lipinski definition) is 0. The molecule has 0 atom stereocenters. The molecule has 5 heteroatoms. The van der Waals surface area contributed by atoms with E-state index in [-0.39, 0.29) is 24.0 Å². The lowest BCUT2D eigenvalue weighted by Crippen LogP contribution is -2.31. The molecule has 0 aliphatic heterocycles. The monoisotopic (exact) mass is 442 g/mol. The van der Waals surface area contributed by atoms with Crippen molar-refractivity contribution in [1.82, 2.24) is 0 Å². The molecule has 0 aromatic heterocycles. The molecule has 5 nitrogen and oxygen atoms in total. The van der Waals surface area contributed by atoms with Gasteiger partial charge in [0.25, 0.3) is 0 Å². The zero-order valence-electron chi connectivity index (χ0n) is 19.6. The van der Waals surface area contributed by atoms with Gasteiger partial charge in [0.05, 0.1) is 12.5 Å².